The zero-order chi connectivity index (χ0) is 11.8. The molecule has 0 heterocycles. The minimum atomic E-state index is 0.0394. The molecule has 0 aliphatic heterocycles. The molecule has 2 nitrogen and oxygen atoms in total. The first kappa shape index (κ1) is 13.1. The Morgan fingerprint density at radius 2 is 1.81 bits per heavy atom. The van der Waals surface area contributed by atoms with Crippen LogP contribution in [0.25, 0.3) is 0 Å². The first-order valence-corrected chi connectivity index (χ1v) is 5.85. The largest absolute Gasteiger partial charge is 0.330 e. The van der Waals surface area contributed by atoms with Gasteiger partial charge in [-0.2, -0.15) is 4.94 Å². The van der Waals surface area contributed by atoms with Crippen LogP contribution in [0.5, 0.6) is 0 Å². The van der Waals surface area contributed by atoms with Gasteiger partial charge in [0, 0.05) is 0 Å². The Labute approximate surface area is 96.5 Å². The lowest BCUT2D eigenvalue weighted by atomic mass is 10.0. The van der Waals surface area contributed by atoms with E-state index in [0.29, 0.717) is 0 Å². The van der Waals surface area contributed by atoms with Crippen molar-refractivity contribution in [1.82, 2.24) is 0 Å². The lowest BCUT2D eigenvalue weighted by Gasteiger charge is -2.07. The summed E-state index contributed by atoms with van der Waals surface area (Å²) >= 11 is 0. The number of unbranched alkanes of at least 4 members (excludes halogenated alkanes) is 1. The van der Waals surface area contributed by atoms with Crippen molar-refractivity contribution in [2.24, 2.45) is 5.73 Å². The minimum Gasteiger partial charge on any atom is -0.330 e. The average molecular weight is 225 g/mol. The van der Waals surface area contributed by atoms with Gasteiger partial charge in [-0.15, -0.1) is 0 Å². The molecule has 90 valence electrons. The van der Waals surface area contributed by atoms with E-state index < -0.39 is 0 Å². The minimum absolute atomic E-state index is 0.0394. The smallest absolute Gasteiger partial charge is 0.113 e. The predicted octanol–water partition coefficient (Wildman–Crippen LogP) is 2.93. The molecule has 0 saturated carbocycles. The molecule has 1 aromatic rings. The van der Waals surface area contributed by atoms with Crippen molar-refractivity contribution in [2.45, 2.75) is 39.2 Å². The Bertz CT molecular complexity index is 315. The fraction of sp³-hybridized carbons (Fsp3) is 0.538. The topological polar surface area (TPSA) is 35.2 Å². The zero-order valence-electron chi connectivity index (χ0n) is 9.84. The first-order valence-electron chi connectivity index (χ1n) is 5.85. The fourth-order valence-corrected chi connectivity index (χ4v) is 1.81. The molecular weight excluding hydrogens is 205 g/mol. The Hall–Kier alpha value is -0.930. The van der Waals surface area contributed by atoms with Crippen molar-refractivity contribution in [3.63, 3.8) is 0 Å². The van der Waals surface area contributed by atoms with Gasteiger partial charge in [-0.1, -0.05) is 25.1 Å². The number of benzene rings is 1. The van der Waals surface area contributed by atoms with Gasteiger partial charge in [0.05, 0.1) is 0 Å². The Morgan fingerprint density at radius 3 is 2.44 bits per heavy atom. The van der Waals surface area contributed by atoms with Crippen molar-refractivity contribution in [1.29, 1.82) is 0 Å². The van der Waals surface area contributed by atoms with Gasteiger partial charge in [0.1, 0.15) is 6.61 Å². The maximum Gasteiger partial charge on any atom is 0.113 e. The molecule has 1 aromatic carbocycles. The van der Waals surface area contributed by atoms with Gasteiger partial charge in [0.25, 0.3) is 0 Å². The van der Waals surface area contributed by atoms with Gasteiger partial charge < -0.3 is 5.73 Å². The lowest BCUT2D eigenvalue weighted by Crippen LogP contribution is -2.00. The first-order chi connectivity index (χ1) is 7.80. The molecule has 2 N–H and O–H groups in total. The van der Waals surface area contributed by atoms with E-state index in [0.717, 1.165) is 37.8 Å². The summed E-state index contributed by atoms with van der Waals surface area (Å²) < 4.78 is 11.8. The molecule has 0 bridgehead atoms. The Balaban J connectivity index is 2.69. The molecule has 0 aliphatic rings. The van der Waals surface area contributed by atoms with Gasteiger partial charge >= 0.3 is 0 Å². The second-order valence-electron chi connectivity index (χ2n) is 4.01. The summed E-state index contributed by atoms with van der Waals surface area (Å²) in [6, 6.07) is 6.18. The number of halogens is 1. The normalized spacial score (nSPS) is 10.7. The monoisotopic (exact) mass is 225 g/mol. The zero-order valence-corrected chi connectivity index (χ0v) is 9.84. The van der Waals surface area contributed by atoms with E-state index >= 15 is 0 Å². The third-order valence-electron chi connectivity index (χ3n) is 2.66. The van der Waals surface area contributed by atoms with Crippen LogP contribution >= 0.6 is 0 Å². The highest BCUT2D eigenvalue weighted by atomic mass is 19.3. The molecule has 16 heavy (non-hydrogen) atoms. The molecule has 0 radical (unpaired) electrons. The summed E-state index contributed by atoms with van der Waals surface area (Å²) in [6.45, 7) is 2.87. The Morgan fingerprint density at radius 1 is 1.12 bits per heavy atom. The molecule has 0 saturated heterocycles. The van der Waals surface area contributed by atoms with Crippen LogP contribution < -0.4 is 5.73 Å². The van der Waals surface area contributed by atoms with Crippen molar-refractivity contribution in [2.75, 3.05) is 6.54 Å². The van der Waals surface area contributed by atoms with Gasteiger partial charge in [0.15, 0.2) is 0 Å². The van der Waals surface area contributed by atoms with Gasteiger partial charge in [-0.25, -0.2) is 0 Å². The number of rotatable bonds is 7. The quantitative estimate of drug-likeness (QED) is 0.724. The summed E-state index contributed by atoms with van der Waals surface area (Å²) in [4.78, 5) is 3.69. The van der Waals surface area contributed by atoms with Crippen LogP contribution in [0.3, 0.4) is 0 Å². The molecular formula is C13H20FNO. The Kier molecular flexibility index (Phi) is 6.04. The summed E-state index contributed by atoms with van der Waals surface area (Å²) in [5, 5.41) is 0. The van der Waals surface area contributed by atoms with Crippen LogP contribution in [-0.2, 0) is 24.4 Å². The van der Waals surface area contributed by atoms with E-state index in [1.54, 1.807) is 0 Å². The molecule has 3 heteroatoms. The van der Waals surface area contributed by atoms with Crippen LogP contribution in [-0.4, -0.2) is 6.54 Å². The summed E-state index contributed by atoms with van der Waals surface area (Å²) in [7, 11) is 0. The molecule has 0 fully saturated rings. The highest BCUT2D eigenvalue weighted by Gasteiger charge is 2.01. The fourth-order valence-electron chi connectivity index (χ4n) is 1.81. The van der Waals surface area contributed by atoms with Crippen molar-refractivity contribution < 1.29 is 9.47 Å². The lowest BCUT2D eigenvalue weighted by molar-refractivity contribution is -0.144. The number of hydrogen-bond acceptors (Lipinski definition) is 2. The van der Waals surface area contributed by atoms with Gasteiger partial charge in [-0.05, 0) is 53.4 Å². The second kappa shape index (κ2) is 7.36. The van der Waals surface area contributed by atoms with E-state index in [4.69, 9.17) is 5.73 Å². The van der Waals surface area contributed by atoms with Crippen LogP contribution in [0.15, 0.2) is 18.2 Å². The van der Waals surface area contributed by atoms with E-state index in [9.17, 15) is 4.53 Å². The second-order valence-corrected chi connectivity index (χ2v) is 4.01. The van der Waals surface area contributed by atoms with Crippen LogP contribution in [0.1, 0.15) is 36.5 Å². The summed E-state index contributed by atoms with van der Waals surface area (Å²) in [6.07, 6.45) is 4.08. The van der Waals surface area contributed by atoms with Crippen LogP contribution in [0.2, 0.25) is 0 Å². The van der Waals surface area contributed by atoms with Crippen molar-refractivity contribution in [3.05, 3.63) is 34.9 Å². The molecule has 0 unspecified atom stereocenters. The maximum absolute atomic E-state index is 11.8. The van der Waals surface area contributed by atoms with Gasteiger partial charge in [0.2, 0.25) is 0 Å². The number of aryl methyl sites for hydroxylation is 2. The summed E-state index contributed by atoms with van der Waals surface area (Å²) in [5.74, 6) is 0. The molecule has 0 atom stereocenters. The third kappa shape index (κ3) is 4.29. The molecule has 0 aliphatic carbocycles. The van der Waals surface area contributed by atoms with E-state index in [-0.39, 0.29) is 6.61 Å². The van der Waals surface area contributed by atoms with Crippen LogP contribution in [0.4, 0.5) is 4.53 Å². The molecule has 1 rings (SSSR count). The predicted molar refractivity (Wildman–Crippen MR) is 63.7 cm³/mol. The van der Waals surface area contributed by atoms with Crippen molar-refractivity contribution >= 4 is 0 Å². The molecule has 0 amide bonds. The van der Waals surface area contributed by atoms with Crippen LogP contribution in [0, 0.1) is 0 Å². The third-order valence-corrected chi connectivity index (χ3v) is 2.66. The summed E-state index contributed by atoms with van der Waals surface area (Å²) in [5.41, 5.74) is 8.85. The van der Waals surface area contributed by atoms with E-state index in [1.807, 2.05) is 12.1 Å². The number of hydrogen-bond donors (Lipinski definition) is 1. The number of nitrogens with two attached hydrogens (primary N) is 1. The maximum atomic E-state index is 11.8. The highest BCUT2D eigenvalue weighted by Crippen LogP contribution is 2.14. The average Bonchev–Trinajstić information content (AvgIpc) is 2.29. The van der Waals surface area contributed by atoms with Gasteiger partial charge in [-0.3, -0.25) is 0 Å². The standard InChI is InChI=1S/C13H20FNO/c1-2-11-7-12(5-3-4-6-15)9-13(8-11)10-16-14/h7-9H,2-6,10,15H2,1H3. The SMILES string of the molecule is CCc1cc(CCCCN)cc(COF)c1. The highest BCUT2D eigenvalue weighted by molar-refractivity contribution is 5.30. The van der Waals surface area contributed by atoms with E-state index in [1.165, 1.54) is 11.1 Å². The molecule has 0 spiro atoms. The van der Waals surface area contributed by atoms with E-state index in [2.05, 4.69) is 17.9 Å². The molecule has 0 aromatic heterocycles. The van der Waals surface area contributed by atoms with Crippen molar-refractivity contribution in [3.8, 4) is 0 Å².